The van der Waals surface area contributed by atoms with Crippen LogP contribution in [-0.2, 0) is 19.2 Å². The average Bonchev–Trinajstić information content (AvgIpc) is 2.32. The number of rotatable bonds is 7. The van der Waals surface area contributed by atoms with Crippen molar-refractivity contribution in [3.8, 4) is 0 Å². The highest BCUT2D eigenvalue weighted by Crippen LogP contribution is 1.80. The molecule has 2 atom stereocenters. The summed E-state index contributed by atoms with van der Waals surface area (Å²) in [4.78, 5) is 43.9. The van der Waals surface area contributed by atoms with Gasteiger partial charge in [0.15, 0.2) is 0 Å². The number of hydrogen-bond donors (Lipinski definition) is 5. The van der Waals surface area contributed by atoms with Crippen LogP contribution < -0.4 is 21.7 Å². The lowest BCUT2D eigenvalue weighted by molar-refractivity contribution is -0.141. The summed E-state index contributed by atoms with van der Waals surface area (Å²) in [5.74, 6) is -2.88. The Balaban J connectivity index is 3.88. The van der Waals surface area contributed by atoms with Crippen molar-refractivity contribution in [2.75, 3.05) is 13.1 Å². The molecule has 2 unspecified atom stereocenters. The molecule has 0 fully saturated rings. The van der Waals surface area contributed by atoms with Gasteiger partial charge in [-0.05, 0) is 13.8 Å². The number of aliphatic carboxylic acids is 1. The normalized spacial score (nSPS) is 13.0. The van der Waals surface area contributed by atoms with E-state index in [2.05, 4.69) is 16.0 Å². The zero-order valence-corrected chi connectivity index (χ0v) is 10.7. The Kier molecular flexibility index (Phi) is 7.12. The Bertz CT molecular complexity index is 369. The molecule has 0 saturated carbocycles. The number of nitrogens with one attached hydrogen (secondary N) is 3. The molecule has 0 aliphatic heterocycles. The summed E-state index contributed by atoms with van der Waals surface area (Å²) in [5, 5.41) is 15.2. The minimum Gasteiger partial charge on any atom is -0.480 e. The Morgan fingerprint density at radius 3 is 2.05 bits per heavy atom. The Hall–Kier alpha value is -2.16. The van der Waals surface area contributed by atoms with E-state index in [0.717, 1.165) is 0 Å². The van der Waals surface area contributed by atoms with Crippen LogP contribution in [0.2, 0.25) is 0 Å². The lowest BCUT2D eigenvalue weighted by Crippen LogP contribution is -2.47. The molecular formula is C10H18N4O5. The molecule has 9 nitrogen and oxygen atoms in total. The van der Waals surface area contributed by atoms with Gasteiger partial charge in [-0.25, -0.2) is 0 Å². The van der Waals surface area contributed by atoms with Crippen molar-refractivity contribution >= 4 is 23.7 Å². The highest BCUT2D eigenvalue weighted by atomic mass is 16.4. The van der Waals surface area contributed by atoms with E-state index in [1.54, 1.807) is 0 Å². The maximum atomic E-state index is 11.2. The highest BCUT2D eigenvalue weighted by molar-refractivity contribution is 5.90. The van der Waals surface area contributed by atoms with Gasteiger partial charge >= 0.3 is 5.97 Å². The second-order valence-electron chi connectivity index (χ2n) is 3.91. The number of carbonyl (C=O) groups is 4. The number of carbonyl (C=O) groups excluding carboxylic acids is 3. The maximum absolute atomic E-state index is 11.2. The molecule has 0 aromatic heterocycles. The molecule has 0 radical (unpaired) electrons. The summed E-state index contributed by atoms with van der Waals surface area (Å²) in [5.41, 5.74) is 5.26. The SMILES string of the molecule is CC(N)C(=O)NCC(=O)NCC(=O)NC(C)C(=O)O. The molecular weight excluding hydrogens is 256 g/mol. The molecule has 0 saturated heterocycles. The van der Waals surface area contributed by atoms with Crippen molar-refractivity contribution in [3.05, 3.63) is 0 Å². The van der Waals surface area contributed by atoms with Crippen LogP contribution in [0.1, 0.15) is 13.8 Å². The Morgan fingerprint density at radius 1 is 1.05 bits per heavy atom. The van der Waals surface area contributed by atoms with Gasteiger partial charge in [0.25, 0.3) is 0 Å². The number of amides is 3. The molecule has 0 heterocycles. The molecule has 0 bridgehead atoms. The highest BCUT2D eigenvalue weighted by Gasteiger charge is 2.14. The molecule has 0 aromatic carbocycles. The molecule has 6 N–H and O–H groups in total. The Morgan fingerprint density at radius 2 is 1.58 bits per heavy atom. The Labute approximate surface area is 109 Å². The summed E-state index contributed by atoms with van der Waals surface area (Å²) in [6.07, 6.45) is 0. The van der Waals surface area contributed by atoms with Crippen LogP contribution >= 0.6 is 0 Å². The topological polar surface area (TPSA) is 151 Å². The van der Waals surface area contributed by atoms with Crippen molar-refractivity contribution in [1.82, 2.24) is 16.0 Å². The fourth-order valence-corrected chi connectivity index (χ4v) is 0.924. The minimum atomic E-state index is -1.18. The summed E-state index contributed by atoms with van der Waals surface area (Å²) in [6.45, 7) is 2.09. The van der Waals surface area contributed by atoms with Crippen LogP contribution in [-0.4, -0.2) is 54.0 Å². The number of hydrogen-bond acceptors (Lipinski definition) is 5. The van der Waals surface area contributed by atoms with E-state index < -0.39 is 35.8 Å². The van der Waals surface area contributed by atoms with E-state index in [4.69, 9.17) is 10.8 Å². The molecule has 108 valence electrons. The number of carboxylic acids is 1. The van der Waals surface area contributed by atoms with Gasteiger partial charge in [0.2, 0.25) is 17.7 Å². The monoisotopic (exact) mass is 274 g/mol. The molecule has 3 amide bonds. The van der Waals surface area contributed by atoms with Crippen molar-refractivity contribution in [3.63, 3.8) is 0 Å². The van der Waals surface area contributed by atoms with Gasteiger partial charge < -0.3 is 26.8 Å². The van der Waals surface area contributed by atoms with Crippen LogP contribution in [0.15, 0.2) is 0 Å². The predicted molar refractivity (Wildman–Crippen MR) is 64.9 cm³/mol. The number of nitrogens with two attached hydrogens (primary N) is 1. The first-order chi connectivity index (χ1) is 8.73. The third-order valence-corrected chi connectivity index (χ3v) is 2.03. The van der Waals surface area contributed by atoms with Crippen molar-refractivity contribution in [2.24, 2.45) is 5.73 Å². The largest absolute Gasteiger partial charge is 0.480 e. The molecule has 0 spiro atoms. The van der Waals surface area contributed by atoms with E-state index in [1.165, 1.54) is 13.8 Å². The van der Waals surface area contributed by atoms with Crippen LogP contribution in [0, 0.1) is 0 Å². The van der Waals surface area contributed by atoms with Crippen molar-refractivity contribution in [2.45, 2.75) is 25.9 Å². The van der Waals surface area contributed by atoms with E-state index in [9.17, 15) is 19.2 Å². The molecule has 0 aromatic rings. The van der Waals surface area contributed by atoms with E-state index in [0.29, 0.717) is 0 Å². The fraction of sp³-hybridized carbons (Fsp3) is 0.600. The zero-order valence-electron chi connectivity index (χ0n) is 10.7. The second-order valence-corrected chi connectivity index (χ2v) is 3.91. The van der Waals surface area contributed by atoms with Crippen molar-refractivity contribution < 1.29 is 24.3 Å². The zero-order chi connectivity index (χ0) is 15.0. The summed E-state index contributed by atoms with van der Waals surface area (Å²) in [6, 6.07) is -1.77. The smallest absolute Gasteiger partial charge is 0.325 e. The minimum absolute atomic E-state index is 0.303. The fourth-order valence-electron chi connectivity index (χ4n) is 0.924. The van der Waals surface area contributed by atoms with Gasteiger partial charge in [0.1, 0.15) is 6.04 Å². The van der Waals surface area contributed by atoms with Gasteiger partial charge in [-0.2, -0.15) is 0 Å². The summed E-state index contributed by atoms with van der Waals surface area (Å²) in [7, 11) is 0. The molecule has 0 rings (SSSR count). The second kappa shape index (κ2) is 8.03. The van der Waals surface area contributed by atoms with E-state index >= 15 is 0 Å². The lowest BCUT2D eigenvalue weighted by Gasteiger charge is -2.10. The van der Waals surface area contributed by atoms with Crippen LogP contribution in [0.4, 0.5) is 0 Å². The molecule has 0 aliphatic carbocycles. The first-order valence-corrected chi connectivity index (χ1v) is 5.56. The van der Waals surface area contributed by atoms with Gasteiger partial charge in [-0.3, -0.25) is 19.2 Å². The third-order valence-electron chi connectivity index (χ3n) is 2.03. The third kappa shape index (κ3) is 7.71. The maximum Gasteiger partial charge on any atom is 0.325 e. The van der Waals surface area contributed by atoms with Gasteiger partial charge in [-0.1, -0.05) is 0 Å². The van der Waals surface area contributed by atoms with Gasteiger partial charge in [-0.15, -0.1) is 0 Å². The van der Waals surface area contributed by atoms with Crippen LogP contribution in [0.25, 0.3) is 0 Å². The molecule has 9 heteroatoms. The lowest BCUT2D eigenvalue weighted by atomic mass is 10.3. The molecule has 0 aliphatic rings. The van der Waals surface area contributed by atoms with Crippen LogP contribution in [0.3, 0.4) is 0 Å². The van der Waals surface area contributed by atoms with Gasteiger partial charge in [0, 0.05) is 0 Å². The first-order valence-electron chi connectivity index (χ1n) is 5.56. The van der Waals surface area contributed by atoms with Crippen molar-refractivity contribution in [1.29, 1.82) is 0 Å². The standard InChI is InChI=1S/C10H18N4O5/c1-5(11)9(17)13-3-7(15)12-4-8(16)14-6(2)10(18)19/h5-6H,3-4,11H2,1-2H3,(H,12,15)(H,13,17)(H,14,16)(H,18,19). The van der Waals surface area contributed by atoms with Crippen LogP contribution in [0.5, 0.6) is 0 Å². The van der Waals surface area contributed by atoms with Gasteiger partial charge in [0.05, 0.1) is 19.1 Å². The number of carboxylic acid groups (broad SMARTS) is 1. The molecule has 19 heavy (non-hydrogen) atoms. The summed E-state index contributed by atoms with van der Waals surface area (Å²) < 4.78 is 0. The van der Waals surface area contributed by atoms with E-state index in [-0.39, 0.29) is 13.1 Å². The van der Waals surface area contributed by atoms with E-state index in [1.807, 2.05) is 0 Å². The average molecular weight is 274 g/mol. The first kappa shape index (κ1) is 16.8. The predicted octanol–water partition coefficient (Wildman–Crippen LogP) is -2.84. The quantitative estimate of drug-likeness (QED) is 0.337. The summed E-state index contributed by atoms with van der Waals surface area (Å²) >= 11 is 0.